The first-order valence-corrected chi connectivity index (χ1v) is 21.1. The molecule has 1 aromatic heterocycles. The summed E-state index contributed by atoms with van der Waals surface area (Å²) in [6, 6.07) is 8.21. The van der Waals surface area contributed by atoms with Crippen molar-refractivity contribution in [3.63, 3.8) is 0 Å². The Bertz CT molecular complexity index is 1990. The van der Waals surface area contributed by atoms with Crippen LogP contribution in [0.5, 0.6) is 5.88 Å². The SMILES string of the molecule is C[C@@H]1CC/C=C\[C@@H]2C[C@@]2(C(=O)NS(=O)(=O)C2(CF)CC2)NC(=O)[C@@H]2C[C@@H](Oc3nc[c-]c4ccccc34)CN2C(=O)[C@@H](NC(=O)OC2(C)CCOCC2)[C@H](C)C1.[U]. The Balaban J connectivity index is 0.00000549. The molecule has 7 rings (SSSR count). The molecule has 308 valence electrons. The predicted octanol–water partition coefficient (Wildman–Crippen LogP) is 3.88. The summed E-state index contributed by atoms with van der Waals surface area (Å²) in [5.41, 5.74) is -2.42. The molecule has 57 heavy (non-hydrogen) atoms. The summed E-state index contributed by atoms with van der Waals surface area (Å²) in [6.07, 6.45) is 6.96. The summed E-state index contributed by atoms with van der Waals surface area (Å²) >= 11 is 0. The third-order valence-corrected chi connectivity index (χ3v) is 14.4. The van der Waals surface area contributed by atoms with Gasteiger partial charge in [0.25, 0.3) is 5.91 Å². The zero-order valence-electron chi connectivity index (χ0n) is 32.6. The van der Waals surface area contributed by atoms with Crippen LogP contribution in [0, 0.1) is 54.9 Å². The number of rotatable bonds is 8. The van der Waals surface area contributed by atoms with Crippen molar-refractivity contribution in [3.8, 4) is 5.88 Å². The number of hydrogen-bond donors (Lipinski definition) is 3. The Kier molecular flexibility index (Phi) is 13.0. The van der Waals surface area contributed by atoms with Gasteiger partial charge in [-0.1, -0.05) is 37.5 Å². The quantitative estimate of drug-likeness (QED) is 0.260. The van der Waals surface area contributed by atoms with Crippen molar-refractivity contribution in [2.75, 3.05) is 26.4 Å². The number of alkyl halides is 1. The summed E-state index contributed by atoms with van der Waals surface area (Å²) < 4.78 is 58.4. The number of fused-ring (bicyclic) bond motifs is 3. The summed E-state index contributed by atoms with van der Waals surface area (Å²) in [7, 11) is -4.38. The summed E-state index contributed by atoms with van der Waals surface area (Å²) in [5, 5.41) is 7.14. The molecule has 1 aromatic carbocycles. The number of carbonyl (C=O) groups excluding carboxylic acids is 4. The van der Waals surface area contributed by atoms with Crippen molar-refractivity contribution < 1.29 is 77.3 Å². The fourth-order valence-electron chi connectivity index (χ4n) is 8.31. The Labute approximate surface area is 356 Å². The molecule has 0 radical (unpaired) electrons. The molecular formula is C40H51FN5O9SU-. The molecule has 2 aromatic rings. The monoisotopic (exact) mass is 1030 g/mol. The van der Waals surface area contributed by atoms with Gasteiger partial charge in [-0.3, -0.25) is 19.1 Å². The van der Waals surface area contributed by atoms with E-state index in [0.29, 0.717) is 50.2 Å². The number of halogens is 1. The van der Waals surface area contributed by atoms with E-state index < -0.39 is 80.5 Å². The molecule has 3 N–H and O–H groups in total. The van der Waals surface area contributed by atoms with Gasteiger partial charge in [-0.05, 0) is 63.5 Å². The summed E-state index contributed by atoms with van der Waals surface area (Å²) in [6.45, 7) is 5.48. The second-order valence-corrected chi connectivity index (χ2v) is 18.7. The van der Waals surface area contributed by atoms with Crippen LogP contribution in [0.4, 0.5) is 9.18 Å². The van der Waals surface area contributed by atoms with Crippen LogP contribution in [-0.4, -0.2) is 103 Å². The minimum Gasteiger partial charge on any atom is -0.482 e. The molecule has 7 atom stereocenters. The van der Waals surface area contributed by atoms with Gasteiger partial charge in [-0.2, -0.15) is 17.5 Å². The molecule has 3 aliphatic heterocycles. The maximum atomic E-state index is 14.9. The molecule has 4 amide bonds. The van der Waals surface area contributed by atoms with E-state index >= 15 is 0 Å². The van der Waals surface area contributed by atoms with Crippen LogP contribution in [0.15, 0.2) is 42.6 Å². The zero-order valence-corrected chi connectivity index (χ0v) is 37.5. The third kappa shape index (κ3) is 9.16. The van der Waals surface area contributed by atoms with Gasteiger partial charge in [0.2, 0.25) is 21.8 Å². The van der Waals surface area contributed by atoms with Gasteiger partial charge in [0.1, 0.15) is 40.7 Å². The zero-order chi connectivity index (χ0) is 39.9. The van der Waals surface area contributed by atoms with Gasteiger partial charge in [0.05, 0.1) is 19.8 Å². The summed E-state index contributed by atoms with van der Waals surface area (Å²) in [5.74, 6) is -2.66. The second-order valence-electron chi connectivity index (χ2n) is 16.7. The number of alkyl carbamates (subject to hydrolysis) is 1. The standard InChI is InChI=1S/C40H51FN5O9S.U/c1-25-8-4-6-10-28-22-40(28,36(49)45-56(51,52)39(24-41)13-14-39)44-33(47)31-21-29(54-34-30-11-7-5-9-27(30)12-17-42-34)23-46(31)35(48)32(26(2)20-25)43-37(50)55-38(3)15-18-53-19-16-38;/h5-7,9-11,17,25-26,28-29,31-32H,4,8,13-16,18-24H2,1-3H3,(H,43,50)(H,44,47)(H,45,49);/q-1;/b10-6-;/t25-,26-,28-,29-,31+,32+,40-;/m1./s1. The van der Waals surface area contributed by atoms with E-state index in [1.54, 1.807) is 0 Å². The van der Waals surface area contributed by atoms with Crippen LogP contribution in [0.1, 0.15) is 78.6 Å². The number of aromatic nitrogens is 1. The van der Waals surface area contributed by atoms with Crippen molar-refractivity contribution in [3.05, 3.63) is 48.7 Å². The molecule has 5 aliphatic rings. The fourth-order valence-corrected chi connectivity index (χ4v) is 9.74. The molecule has 0 bridgehead atoms. The average Bonchev–Trinajstić information content (AvgIpc) is 4.07. The number of benzene rings is 1. The van der Waals surface area contributed by atoms with Crippen molar-refractivity contribution in [2.24, 2.45) is 17.8 Å². The molecule has 4 heterocycles. The van der Waals surface area contributed by atoms with Gasteiger partial charge in [0, 0.05) is 56.3 Å². The first-order chi connectivity index (χ1) is 26.7. The number of amides is 4. The molecule has 2 saturated carbocycles. The molecule has 17 heteroatoms. The molecule has 4 fully saturated rings. The van der Waals surface area contributed by atoms with Crippen molar-refractivity contribution in [1.82, 2.24) is 25.2 Å². The number of pyridine rings is 1. The third-order valence-electron chi connectivity index (χ3n) is 12.3. The van der Waals surface area contributed by atoms with Crippen LogP contribution in [0.2, 0.25) is 0 Å². The topological polar surface area (TPSA) is 182 Å². The van der Waals surface area contributed by atoms with E-state index in [1.165, 1.54) is 11.1 Å². The molecule has 2 aliphatic carbocycles. The van der Waals surface area contributed by atoms with Crippen molar-refractivity contribution in [2.45, 2.75) is 113 Å². The normalized spacial score (nSPS) is 31.5. The van der Waals surface area contributed by atoms with Crippen LogP contribution >= 0.6 is 0 Å². The van der Waals surface area contributed by atoms with E-state index in [2.05, 4.69) is 33.3 Å². The van der Waals surface area contributed by atoms with E-state index in [9.17, 15) is 32.0 Å². The number of sulfonamides is 1. The Morgan fingerprint density at radius 1 is 1.12 bits per heavy atom. The van der Waals surface area contributed by atoms with E-state index in [-0.39, 0.29) is 75.2 Å². The van der Waals surface area contributed by atoms with Crippen LogP contribution in [0.3, 0.4) is 0 Å². The number of nitrogens with zero attached hydrogens (tertiary/aromatic N) is 2. The molecule has 14 nitrogen and oxygen atoms in total. The number of allylic oxidation sites excluding steroid dienone is 1. The fraction of sp³-hybridized carbons (Fsp3) is 0.625. The van der Waals surface area contributed by atoms with Crippen LogP contribution in [0.25, 0.3) is 10.8 Å². The van der Waals surface area contributed by atoms with Crippen LogP contribution in [-0.2, 0) is 33.9 Å². The van der Waals surface area contributed by atoms with Crippen LogP contribution < -0.4 is 20.1 Å². The van der Waals surface area contributed by atoms with E-state index in [0.717, 1.165) is 11.8 Å². The summed E-state index contributed by atoms with van der Waals surface area (Å²) in [4.78, 5) is 62.6. The van der Waals surface area contributed by atoms with Gasteiger partial charge >= 0.3 is 6.09 Å². The predicted molar refractivity (Wildman–Crippen MR) is 202 cm³/mol. The maximum Gasteiger partial charge on any atom is 0.408 e. The van der Waals surface area contributed by atoms with Gasteiger partial charge in [-0.25, -0.2) is 22.6 Å². The number of carbonyl (C=O) groups is 4. The van der Waals surface area contributed by atoms with Gasteiger partial charge in [-0.15, -0.1) is 12.1 Å². The van der Waals surface area contributed by atoms with Crippen molar-refractivity contribution >= 4 is 44.6 Å². The van der Waals surface area contributed by atoms with Crippen molar-refractivity contribution in [1.29, 1.82) is 0 Å². The molecule has 0 spiro atoms. The average molecular weight is 1030 g/mol. The Morgan fingerprint density at radius 2 is 1.86 bits per heavy atom. The van der Waals surface area contributed by atoms with E-state index in [4.69, 9.17) is 14.2 Å². The first-order valence-electron chi connectivity index (χ1n) is 19.6. The smallest absolute Gasteiger partial charge is 0.408 e. The largest absolute Gasteiger partial charge is 0.482 e. The van der Waals surface area contributed by atoms with E-state index in [1.807, 2.05) is 50.3 Å². The Morgan fingerprint density at radius 3 is 2.58 bits per heavy atom. The minimum atomic E-state index is -4.38. The second kappa shape index (κ2) is 17.1. The van der Waals surface area contributed by atoms with Gasteiger partial charge < -0.3 is 29.7 Å². The molecular weight excluding hydrogens is 984 g/mol. The Hall–Kier alpha value is -3.26. The number of hydrogen-bond acceptors (Lipinski definition) is 10. The van der Waals surface area contributed by atoms with Gasteiger partial charge in [0.15, 0.2) is 5.88 Å². The molecule has 2 saturated heterocycles. The number of ether oxygens (including phenoxy) is 3. The minimum absolute atomic E-state index is 0. The number of nitrogens with one attached hydrogen (secondary N) is 3. The first kappa shape index (κ1) is 43.3. The maximum absolute atomic E-state index is 14.9. The molecule has 0 unspecified atom stereocenters.